The normalized spacial score (nSPS) is 25.5. The van der Waals surface area contributed by atoms with Gasteiger partial charge in [-0.25, -0.2) is 4.79 Å². The van der Waals surface area contributed by atoms with Crippen molar-refractivity contribution in [3.05, 3.63) is 63.1 Å². The van der Waals surface area contributed by atoms with E-state index in [1.165, 1.54) is 6.07 Å². The smallest absolute Gasteiger partial charge is 0.335 e. The highest BCUT2D eigenvalue weighted by Gasteiger charge is 2.48. The van der Waals surface area contributed by atoms with Crippen molar-refractivity contribution in [2.24, 2.45) is 5.41 Å². The SMILES string of the molecule is CC(C)(C)CC(C)(C)c1ccc(OC2OC(C(=O)O)C(O)C(O)C2O)c(C(O)c2ccc(Cl)cc2Cl)c1. The van der Waals surface area contributed by atoms with Gasteiger partial charge in [0.2, 0.25) is 6.29 Å². The van der Waals surface area contributed by atoms with E-state index in [9.17, 15) is 30.3 Å². The average molecular weight is 557 g/mol. The van der Waals surface area contributed by atoms with E-state index < -0.39 is 42.8 Å². The Morgan fingerprint density at radius 3 is 2.19 bits per heavy atom. The summed E-state index contributed by atoms with van der Waals surface area (Å²) >= 11 is 12.4. The highest BCUT2D eigenvalue weighted by Crippen LogP contribution is 2.41. The van der Waals surface area contributed by atoms with Crippen LogP contribution in [0.5, 0.6) is 5.75 Å². The number of hydrogen-bond donors (Lipinski definition) is 5. The van der Waals surface area contributed by atoms with Gasteiger partial charge in [-0.05, 0) is 47.1 Å². The molecule has 2 aromatic rings. The fraction of sp³-hybridized carbons (Fsp3) is 0.519. The summed E-state index contributed by atoms with van der Waals surface area (Å²) in [5, 5.41) is 52.0. The molecule has 204 valence electrons. The molecule has 0 radical (unpaired) electrons. The lowest BCUT2D eigenvalue weighted by atomic mass is 9.72. The Hall–Kier alpha value is -1.91. The molecule has 0 spiro atoms. The molecule has 0 bridgehead atoms. The van der Waals surface area contributed by atoms with E-state index in [4.69, 9.17) is 32.7 Å². The largest absolute Gasteiger partial charge is 0.479 e. The third-order valence-electron chi connectivity index (χ3n) is 6.37. The van der Waals surface area contributed by atoms with Crippen molar-refractivity contribution in [3.8, 4) is 5.75 Å². The van der Waals surface area contributed by atoms with Crippen molar-refractivity contribution in [1.82, 2.24) is 0 Å². The Kier molecular flexibility index (Phi) is 8.86. The molecule has 10 heteroatoms. The zero-order chi connectivity index (χ0) is 27.9. The van der Waals surface area contributed by atoms with Gasteiger partial charge < -0.3 is 35.0 Å². The molecule has 1 saturated heterocycles. The number of hydrogen-bond acceptors (Lipinski definition) is 7. The standard InChI is InChI=1S/C27H34Cl2O8/c1-26(2,3)12-27(4,5)13-6-9-18(16(10-13)19(30)15-8-7-14(28)11-17(15)29)36-25-22(33)20(31)21(32)23(37-25)24(34)35/h6-11,19-23,25,30-33H,12H2,1-5H3,(H,34,35). The molecular formula is C27H34Cl2O8. The average Bonchev–Trinajstić information content (AvgIpc) is 2.77. The molecule has 6 unspecified atom stereocenters. The van der Waals surface area contributed by atoms with Crippen LogP contribution in [0.1, 0.15) is 63.8 Å². The number of carboxylic acid groups (broad SMARTS) is 1. The summed E-state index contributed by atoms with van der Waals surface area (Å²) in [6.45, 7) is 10.6. The number of aliphatic hydroxyl groups is 4. The number of halogens is 2. The lowest BCUT2D eigenvalue weighted by molar-refractivity contribution is -0.271. The first-order chi connectivity index (χ1) is 17.0. The number of ether oxygens (including phenoxy) is 2. The quantitative estimate of drug-likeness (QED) is 0.344. The molecule has 0 amide bonds. The Balaban J connectivity index is 2.07. The van der Waals surface area contributed by atoms with Gasteiger partial charge in [0.1, 0.15) is 30.2 Å². The summed E-state index contributed by atoms with van der Waals surface area (Å²) < 4.78 is 11.1. The Bertz CT molecular complexity index is 1130. The van der Waals surface area contributed by atoms with Gasteiger partial charge in [-0.15, -0.1) is 0 Å². The molecule has 6 atom stereocenters. The van der Waals surface area contributed by atoms with E-state index in [-0.39, 0.29) is 27.2 Å². The van der Waals surface area contributed by atoms with Gasteiger partial charge in [-0.3, -0.25) is 0 Å². The molecule has 0 aliphatic carbocycles. The van der Waals surface area contributed by atoms with Crippen LogP contribution in [0.3, 0.4) is 0 Å². The Morgan fingerprint density at radius 2 is 1.62 bits per heavy atom. The van der Waals surface area contributed by atoms with Crippen LogP contribution < -0.4 is 4.74 Å². The van der Waals surface area contributed by atoms with Crippen LogP contribution in [0.4, 0.5) is 0 Å². The molecule has 1 aliphatic heterocycles. The first kappa shape index (κ1) is 29.6. The number of rotatable bonds is 7. The monoisotopic (exact) mass is 556 g/mol. The molecule has 5 N–H and O–H groups in total. The molecule has 3 rings (SSSR count). The van der Waals surface area contributed by atoms with E-state index in [2.05, 4.69) is 34.6 Å². The molecule has 1 aliphatic rings. The third-order valence-corrected chi connectivity index (χ3v) is 6.93. The van der Waals surface area contributed by atoms with Crippen molar-refractivity contribution in [1.29, 1.82) is 0 Å². The highest BCUT2D eigenvalue weighted by atomic mass is 35.5. The molecule has 37 heavy (non-hydrogen) atoms. The minimum atomic E-state index is -1.86. The fourth-order valence-electron chi connectivity index (χ4n) is 4.88. The maximum atomic E-state index is 11.5. The van der Waals surface area contributed by atoms with Gasteiger partial charge >= 0.3 is 5.97 Å². The lowest BCUT2D eigenvalue weighted by Gasteiger charge is -2.39. The predicted molar refractivity (Wildman–Crippen MR) is 139 cm³/mol. The zero-order valence-corrected chi connectivity index (χ0v) is 22.9. The van der Waals surface area contributed by atoms with Crippen molar-refractivity contribution in [2.45, 2.75) is 83.3 Å². The number of benzene rings is 2. The fourth-order valence-corrected chi connectivity index (χ4v) is 5.40. The van der Waals surface area contributed by atoms with E-state index >= 15 is 0 Å². The third kappa shape index (κ3) is 6.75. The zero-order valence-electron chi connectivity index (χ0n) is 21.4. The van der Waals surface area contributed by atoms with Crippen LogP contribution >= 0.6 is 23.2 Å². The second kappa shape index (κ2) is 11.1. The molecule has 8 nitrogen and oxygen atoms in total. The molecular weight excluding hydrogens is 523 g/mol. The Morgan fingerprint density at radius 1 is 0.973 bits per heavy atom. The van der Waals surface area contributed by atoms with E-state index in [1.54, 1.807) is 24.3 Å². The predicted octanol–water partition coefficient (Wildman–Crippen LogP) is 4.06. The van der Waals surface area contributed by atoms with Crippen molar-refractivity contribution < 1.29 is 39.8 Å². The number of carbonyl (C=O) groups is 1. The summed E-state index contributed by atoms with van der Waals surface area (Å²) in [5.41, 5.74) is 1.25. The molecule has 2 aromatic carbocycles. The van der Waals surface area contributed by atoms with Crippen LogP contribution in [-0.2, 0) is 14.9 Å². The maximum absolute atomic E-state index is 11.5. The van der Waals surface area contributed by atoms with Crippen molar-refractivity contribution in [3.63, 3.8) is 0 Å². The van der Waals surface area contributed by atoms with Crippen LogP contribution in [0.2, 0.25) is 10.0 Å². The van der Waals surface area contributed by atoms with E-state index in [0.29, 0.717) is 10.6 Å². The van der Waals surface area contributed by atoms with Gasteiger partial charge in [0, 0.05) is 21.2 Å². The van der Waals surface area contributed by atoms with Gasteiger partial charge in [-0.1, -0.05) is 70.0 Å². The number of aliphatic hydroxyl groups excluding tert-OH is 4. The minimum absolute atomic E-state index is 0.0137. The van der Waals surface area contributed by atoms with Gasteiger partial charge in [-0.2, -0.15) is 0 Å². The molecule has 1 heterocycles. The second-order valence-electron chi connectivity index (χ2n) is 11.3. The van der Waals surface area contributed by atoms with E-state index in [1.807, 2.05) is 6.07 Å². The molecule has 0 saturated carbocycles. The number of aliphatic carboxylic acids is 1. The minimum Gasteiger partial charge on any atom is -0.479 e. The lowest BCUT2D eigenvalue weighted by Crippen LogP contribution is -2.61. The maximum Gasteiger partial charge on any atom is 0.335 e. The van der Waals surface area contributed by atoms with Gasteiger partial charge in [0.05, 0.1) is 0 Å². The summed E-state index contributed by atoms with van der Waals surface area (Å²) in [5.74, 6) is -1.45. The van der Waals surface area contributed by atoms with Crippen LogP contribution in [0.25, 0.3) is 0 Å². The highest BCUT2D eigenvalue weighted by molar-refractivity contribution is 6.35. The first-order valence-electron chi connectivity index (χ1n) is 11.9. The van der Waals surface area contributed by atoms with Crippen LogP contribution in [-0.4, -0.2) is 62.2 Å². The summed E-state index contributed by atoms with van der Waals surface area (Å²) in [6, 6.07) is 9.84. The molecule has 0 aromatic heterocycles. The number of carboxylic acids is 1. The topological polar surface area (TPSA) is 137 Å². The van der Waals surface area contributed by atoms with Gasteiger partial charge in [0.15, 0.2) is 6.10 Å². The van der Waals surface area contributed by atoms with E-state index in [0.717, 1.165) is 12.0 Å². The second-order valence-corrected chi connectivity index (χ2v) is 12.1. The molecule has 1 fully saturated rings. The van der Waals surface area contributed by atoms with Crippen LogP contribution in [0.15, 0.2) is 36.4 Å². The Labute approximate surface area is 226 Å². The summed E-state index contributed by atoms with van der Waals surface area (Å²) in [4.78, 5) is 11.5. The van der Waals surface area contributed by atoms with Crippen molar-refractivity contribution >= 4 is 29.2 Å². The summed E-state index contributed by atoms with van der Waals surface area (Å²) in [7, 11) is 0. The first-order valence-corrected chi connectivity index (χ1v) is 12.6. The summed E-state index contributed by atoms with van der Waals surface area (Å²) in [6.07, 6.45) is -9.36. The van der Waals surface area contributed by atoms with Crippen LogP contribution in [0, 0.1) is 5.41 Å². The van der Waals surface area contributed by atoms with Gasteiger partial charge in [0.25, 0.3) is 0 Å². The van der Waals surface area contributed by atoms with Crippen molar-refractivity contribution in [2.75, 3.05) is 0 Å².